The third kappa shape index (κ3) is 5.32. The second-order valence-corrected chi connectivity index (χ2v) is 8.13. The van der Waals surface area contributed by atoms with Gasteiger partial charge in [0.2, 0.25) is 0 Å². The minimum Gasteiger partial charge on any atom is -0.459 e. The first-order valence-corrected chi connectivity index (χ1v) is 10.7. The molecule has 0 radical (unpaired) electrons. The molecule has 1 amide bonds. The lowest BCUT2D eigenvalue weighted by Crippen LogP contribution is -2.54. The molecular weight excluding hydrogens is 501 g/mol. The van der Waals surface area contributed by atoms with Crippen molar-refractivity contribution in [3.05, 3.63) is 46.0 Å². The number of hydrogen-bond donors (Lipinski definition) is 1. The Morgan fingerprint density at radius 2 is 2.00 bits per heavy atom. The lowest BCUT2D eigenvalue weighted by atomic mass is 10.1. The molecule has 0 saturated carbocycles. The van der Waals surface area contributed by atoms with E-state index in [9.17, 15) is 4.79 Å². The summed E-state index contributed by atoms with van der Waals surface area (Å²) in [4.78, 5) is 24.9. The third-order valence-electron chi connectivity index (χ3n) is 5.41. The van der Waals surface area contributed by atoms with Crippen molar-refractivity contribution in [2.24, 2.45) is 4.99 Å². The molecule has 0 aliphatic carbocycles. The second-order valence-electron chi connectivity index (χ2n) is 7.13. The number of thiophene rings is 1. The van der Waals surface area contributed by atoms with E-state index in [4.69, 9.17) is 4.42 Å². The van der Waals surface area contributed by atoms with Crippen LogP contribution in [-0.2, 0) is 13.0 Å². The Morgan fingerprint density at radius 1 is 1.21 bits per heavy atom. The average Bonchev–Trinajstić information content (AvgIpc) is 3.42. The van der Waals surface area contributed by atoms with Crippen LogP contribution in [0.3, 0.4) is 0 Å². The molecule has 0 unspecified atom stereocenters. The molecule has 1 saturated heterocycles. The van der Waals surface area contributed by atoms with Gasteiger partial charge in [-0.05, 0) is 35.6 Å². The van der Waals surface area contributed by atoms with E-state index in [2.05, 4.69) is 31.6 Å². The number of guanidine groups is 1. The van der Waals surface area contributed by atoms with Crippen molar-refractivity contribution in [1.82, 2.24) is 20.0 Å². The first-order valence-electron chi connectivity index (χ1n) is 9.80. The van der Waals surface area contributed by atoms with E-state index >= 15 is 0 Å². The van der Waals surface area contributed by atoms with Gasteiger partial charge in [0.25, 0.3) is 5.91 Å². The number of furan rings is 1. The summed E-state index contributed by atoms with van der Waals surface area (Å²) in [5, 5.41) is 5.69. The normalized spacial score (nSPS) is 17.6. The predicted octanol–water partition coefficient (Wildman–Crippen LogP) is 2.35. The maximum Gasteiger partial charge on any atom is 0.289 e. The maximum absolute atomic E-state index is 12.4. The van der Waals surface area contributed by atoms with Gasteiger partial charge in [0.05, 0.1) is 6.26 Å². The van der Waals surface area contributed by atoms with Crippen LogP contribution in [0.2, 0.25) is 0 Å². The molecular formula is C20H28IN5O2S. The summed E-state index contributed by atoms with van der Waals surface area (Å²) >= 11 is 1.88. The molecule has 2 aromatic heterocycles. The molecule has 1 fully saturated rings. The molecule has 158 valence electrons. The zero-order valence-electron chi connectivity index (χ0n) is 16.7. The van der Waals surface area contributed by atoms with Crippen LogP contribution in [0.15, 0.2) is 39.3 Å². The highest BCUT2D eigenvalue weighted by Gasteiger charge is 2.25. The second kappa shape index (κ2) is 10.4. The smallest absolute Gasteiger partial charge is 0.289 e. The number of fused-ring (bicyclic) bond motifs is 1. The van der Waals surface area contributed by atoms with Crippen molar-refractivity contribution in [3.8, 4) is 0 Å². The molecule has 2 aromatic rings. The fourth-order valence-corrected chi connectivity index (χ4v) is 4.72. The number of carbonyl (C=O) groups excluding carboxylic acids is 1. The van der Waals surface area contributed by atoms with Crippen LogP contribution >= 0.6 is 35.3 Å². The summed E-state index contributed by atoms with van der Waals surface area (Å²) in [7, 11) is 1.82. The van der Waals surface area contributed by atoms with Crippen molar-refractivity contribution in [1.29, 1.82) is 0 Å². The van der Waals surface area contributed by atoms with Gasteiger partial charge < -0.3 is 19.5 Å². The van der Waals surface area contributed by atoms with E-state index in [0.29, 0.717) is 18.8 Å². The van der Waals surface area contributed by atoms with Gasteiger partial charge in [-0.1, -0.05) is 0 Å². The molecule has 9 heteroatoms. The van der Waals surface area contributed by atoms with Crippen LogP contribution in [-0.4, -0.2) is 79.4 Å². The molecule has 0 spiro atoms. The fourth-order valence-electron chi connectivity index (χ4n) is 3.83. The fraction of sp³-hybridized carbons (Fsp3) is 0.500. The number of piperazine rings is 1. The van der Waals surface area contributed by atoms with Crippen LogP contribution in [0.5, 0.6) is 0 Å². The highest BCUT2D eigenvalue weighted by atomic mass is 127. The van der Waals surface area contributed by atoms with E-state index in [-0.39, 0.29) is 29.9 Å². The Bertz CT molecular complexity index is 815. The zero-order chi connectivity index (χ0) is 19.3. The summed E-state index contributed by atoms with van der Waals surface area (Å²) in [6, 6.07) is 5.72. The zero-order valence-corrected chi connectivity index (χ0v) is 19.8. The molecule has 0 aromatic carbocycles. The van der Waals surface area contributed by atoms with Crippen LogP contribution in [0.4, 0.5) is 0 Å². The Kier molecular flexibility index (Phi) is 7.96. The van der Waals surface area contributed by atoms with Crippen LogP contribution in [0, 0.1) is 0 Å². The van der Waals surface area contributed by atoms with E-state index < -0.39 is 0 Å². The minimum absolute atomic E-state index is 0. The van der Waals surface area contributed by atoms with Crippen molar-refractivity contribution in [3.63, 3.8) is 0 Å². The van der Waals surface area contributed by atoms with E-state index in [1.807, 2.05) is 23.3 Å². The average molecular weight is 529 g/mol. The number of nitrogens with one attached hydrogen (secondary N) is 1. The molecule has 0 bridgehead atoms. The Hall–Kier alpha value is -1.59. The Labute approximate surface area is 192 Å². The van der Waals surface area contributed by atoms with E-state index in [0.717, 1.165) is 51.6 Å². The van der Waals surface area contributed by atoms with E-state index in [1.165, 1.54) is 11.8 Å². The van der Waals surface area contributed by atoms with Crippen molar-refractivity contribution < 1.29 is 9.21 Å². The summed E-state index contributed by atoms with van der Waals surface area (Å²) in [5.41, 5.74) is 1.48. The standard InChI is InChI=1S/C20H27N5O2S.HI/c1-21-20(22-6-8-23-7-4-18-16(15-23)5-14-28-18)25-11-9-24(10-12-25)19(26)17-3-2-13-27-17;/h2-3,5,13-14H,4,6-12,15H2,1H3,(H,21,22);1H. The van der Waals surface area contributed by atoms with Gasteiger partial charge in [-0.2, -0.15) is 0 Å². The number of hydrogen-bond acceptors (Lipinski definition) is 5. The van der Waals surface area contributed by atoms with E-state index in [1.54, 1.807) is 17.0 Å². The molecule has 2 aliphatic rings. The van der Waals surface area contributed by atoms with Gasteiger partial charge in [0.1, 0.15) is 0 Å². The quantitative estimate of drug-likeness (QED) is 0.375. The van der Waals surface area contributed by atoms with Crippen molar-refractivity contribution >= 4 is 47.2 Å². The largest absolute Gasteiger partial charge is 0.459 e. The van der Waals surface area contributed by atoms with Gasteiger partial charge in [-0.3, -0.25) is 14.7 Å². The molecule has 1 N–H and O–H groups in total. The molecule has 29 heavy (non-hydrogen) atoms. The molecule has 4 rings (SSSR count). The van der Waals surface area contributed by atoms with Gasteiger partial charge in [0, 0.05) is 64.3 Å². The lowest BCUT2D eigenvalue weighted by molar-refractivity contribution is 0.0657. The van der Waals surface area contributed by atoms with Crippen molar-refractivity contribution in [2.75, 3.05) is 52.9 Å². The Balaban J connectivity index is 0.00000240. The predicted molar refractivity (Wildman–Crippen MR) is 126 cm³/mol. The first kappa shape index (κ1) is 22.1. The molecule has 7 nitrogen and oxygen atoms in total. The van der Waals surface area contributed by atoms with Crippen LogP contribution < -0.4 is 5.32 Å². The SMILES string of the molecule is CN=C(NCCN1CCc2sccc2C1)N1CCN(C(=O)c2ccco2)CC1.I. The van der Waals surface area contributed by atoms with Crippen molar-refractivity contribution in [2.45, 2.75) is 13.0 Å². The third-order valence-corrected chi connectivity index (χ3v) is 6.43. The summed E-state index contributed by atoms with van der Waals surface area (Å²) < 4.78 is 5.23. The number of carbonyl (C=O) groups is 1. The lowest BCUT2D eigenvalue weighted by Gasteiger charge is -2.36. The summed E-state index contributed by atoms with van der Waals surface area (Å²) in [6.45, 7) is 6.94. The number of halogens is 1. The first-order chi connectivity index (χ1) is 13.7. The highest BCUT2D eigenvalue weighted by Crippen LogP contribution is 2.23. The van der Waals surface area contributed by atoms with Gasteiger partial charge in [-0.15, -0.1) is 35.3 Å². The number of amides is 1. The molecule has 0 atom stereocenters. The van der Waals surface area contributed by atoms with Crippen LogP contribution in [0.25, 0.3) is 0 Å². The highest BCUT2D eigenvalue weighted by molar-refractivity contribution is 14.0. The topological polar surface area (TPSA) is 64.3 Å². The molecule has 4 heterocycles. The monoisotopic (exact) mass is 529 g/mol. The number of nitrogens with zero attached hydrogens (tertiary/aromatic N) is 4. The van der Waals surface area contributed by atoms with Gasteiger partial charge in [-0.25, -0.2) is 0 Å². The van der Waals surface area contributed by atoms with Crippen LogP contribution in [0.1, 0.15) is 21.0 Å². The summed E-state index contributed by atoms with van der Waals surface area (Å²) in [6.07, 6.45) is 2.70. The Morgan fingerprint density at radius 3 is 2.72 bits per heavy atom. The molecule has 2 aliphatic heterocycles. The summed E-state index contributed by atoms with van der Waals surface area (Å²) in [5.74, 6) is 1.29. The maximum atomic E-state index is 12.4. The minimum atomic E-state index is -0.0366. The van der Waals surface area contributed by atoms with Gasteiger partial charge in [0.15, 0.2) is 11.7 Å². The van der Waals surface area contributed by atoms with Gasteiger partial charge >= 0.3 is 0 Å². The number of rotatable bonds is 4. The number of aliphatic imine (C=N–C) groups is 1.